The summed E-state index contributed by atoms with van der Waals surface area (Å²) in [6.45, 7) is 0. The van der Waals surface area contributed by atoms with Gasteiger partial charge in [-0.2, -0.15) is 0 Å². The first-order chi connectivity index (χ1) is 6.16. The van der Waals surface area contributed by atoms with Gasteiger partial charge in [-0.05, 0) is 12.1 Å². The van der Waals surface area contributed by atoms with Gasteiger partial charge in [0.1, 0.15) is 5.75 Å². The summed E-state index contributed by atoms with van der Waals surface area (Å²) in [5, 5.41) is 9.88. The molecule has 0 fully saturated rings. The number of anilines is 1. The first-order valence-electron chi connectivity index (χ1n) is 3.78. The maximum atomic E-state index is 11.0. The van der Waals surface area contributed by atoms with E-state index in [1.54, 1.807) is 6.07 Å². The van der Waals surface area contributed by atoms with Crippen molar-refractivity contribution < 1.29 is 5.11 Å². The molecule has 2 aromatic rings. The van der Waals surface area contributed by atoms with Crippen LogP contribution < -0.4 is 11.3 Å². The zero-order valence-corrected chi connectivity index (χ0v) is 6.74. The van der Waals surface area contributed by atoms with E-state index in [9.17, 15) is 4.79 Å². The van der Waals surface area contributed by atoms with Gasteiger partial charge >= 0.3 is 0 Å². The maximum absolute atomic E-state index is 11.0. The van der Waals surface area contributed by atoms with Gasteiger partial charge in [0.25, 0.3) is 0 Å². The number of aromatic nitrogens is 1. The minimum absolute atomic E-state index is 0.105. The zero-order valence-electron chi connectivity index (χ0n) is 6.74. The van der Waals surface area contributed by atoms with Crippen molar-refractivity contribution >= 4 is 16.6 Å². The molecule has 0 atom stereocenters. The summed E-state index contributed by atoms with van der Waals surface area (Å²) in [4.78, 5) is 13.6. The number of phenolic OH excluding ortho intramolecular Hbond substituents is 1. The highest BCUT2D eigenvalue weighted by molar-refractivity contribution is 5.90. The van der Waals surface area contributed by atoms with Crippen LogP contribution in [-0.4, -0.2) is 10.1 Å². The number of fused-ring (bicyclic) bond motifs is 1. The van der Waals surface area contributed by atoms with Crippen LogP contribution in [-0.2, 0) is 0 Å². The van der Waals surface area contributed by atoms with Crippen molar-refractivity contribution in [3.05, 3.63) is 34.6 Å². The van der Waals surface area contributed by atoms with Crippen LogP contribution in [0.5, 0.6) is 5.75 Å². The van der Waals surface area contributed by atoms with Crippen LogP contribution in [0.2, 0.25) is 0 Å². The van der Waals surface area contributed by atoms with Gasteiger partial charge in [0.05, 0.1) is 5.52 Å². The molecule has 2 rings (SSSR count). The lowest BCUT2D eigenvalue weighted by molar-refractivity contribution is 0.476. The Balaban J connectivity index is 2.94. The molecule has 0 saturated carbocycles. The molecule has 0 bridgehead atoms. The third-order valence-corrected chi connectivity index (χ3v) is 1.86. The van der Waals surface area contributed by atoms with E-state index in [2.05, 4.69) is 4.98 Å². The van der Waals surface area contributed by atoms with Crippen LogP contribution in [0, 0.1) is 0 Å². The standard InChI is InChI=1S/C9H8N2O2/c10-7-4-9(13)11-8-3-5(12)1-2-6(7)8/h1-4,12H,(H3,10,11,13). The molecular weight excluding hydrogens is 168 g/mol. The minimum Gasteiger partial charge on any atom is -0.508 e. The first kappa shape index (κ1) is 7.67. The molecular formula is C9H8N2O2. The van der Waals surface area contributed by atoms with Crippen LogP contribution in [0.25, 0.3) is 10.9 Å². The number of nitrogen functional groups attached to an aromatic ring is 1. The summed E-state index contributed by atoms with van der Waals surface area (Å²) in [6.07, 6.45) is 0. The van der Waals surface area contributed by atoms with E-state index in [4.69, 9.17) is 10.8 Å². The molecule has 4 N–H and O–H groups in total. The highest BCUT2D eigenvalue weighted by atomic mass is 16.3. The second-order valence-electron chi connectivity index (χ2n) is 2.82. The Morgan fingerprint density at radius 3 is 2.85 bits per heavy atom. The molecule has 13 heavy (non-hydrogen) atoms. The number of nitrogens with two attached hydrogens (primary N) is 1. The molecule has 0 unspecified atom stereocenters. The van der Waals surface area contributed by atoms with Crippen LogP contribution in [0.1, 0.15) is 0 Å². The predicted octanol–water partition coefficient (Wildman–Crippen LogP) is 0.816. The van der Waals surface area contributed by atoms with Gasteiger partial charge in [-0.25, -0.2) is 0 Å². The first-order valence-corrected chi connectivity index (χ1v) is 3.78. The summed E-state index contributed by atoms with van der Waals surface area (Å²) < 4.78 is 0. The number of hydrogen-bond acceptors (Lipinski definition) is 3. The fourth-order valence-corrected chi connectivity index (χ4v) is 1.28. The summed E-state index contributed by atoms with van der Waals surface area (Å²) >= 11 is 0. The molecule has 0 aliphatic rings. The number of hydrogen-bond donors (Lipinski definition) is 3. The van der Waals surface area contributed by atoms with Crippen LogP contribution in [0.4, 0.5) is 5.69 Å². The van der Waals surface area contributed by atoms with Crippen molar-refractivity contribution in [3.63, 3.8) is 0 Å². The number of phenols is 1. The van der Waals surface area contributed by atoms with Crippen LogP contribution in [0.15, 0.2) is 29.1 Å². The Hall–Kier alpha value is -1.97. The summed E-state index contributed by atoms with van der Waals surface area (Å²) in [5.74, 6) is 0.105. The molecule has 0 spiro atoms. The van der Waals surface area contributed by atoms with Gasteiger partial charge in [0.2, 0.25) is 5.56 Å². The Bertz CT molecular complexity index is 516. The monoisotopic (exact) mass is 176 g/mol. The highest BCUT2D eigenvalue weighted by Gasteiger charge is 2.00. The normalized spacial score (nSPS) is 10.5. The van der Waals surface area contributed by atoms with Gasteiger partial charge in [-0.3, -0.25) is 4.79 Å². The summed E-state index contributed by atoms with van der Waals surface area (Å²) in [7, 11) is 0. The fraction of sp³-hybridized carbons (Fsp3) is 0. The molecule has 0 aliphatic heterocycles. The van der Waals surface area contributed by atoms with Crippen molar-refractivity contribution in [1.29, 1.82) is 0 Å². The van der Waals surface area contributed by atoms with Gasteiger partial charge in [-0.15, -0.1) is 0 Å². The number of aromatic hydroxyl groups is 1. The van der Waals surface area contributed by atoms with Crippen LogP contribution in [0.3, 0.4) is 0 Å². The van der Waals surface area contributed by atoms with Gasteiger partial charge < -0.3 is 15.8 Å². The molecule has 0 aliphatic carbocycles. The zero-order chi connectivity index (χ0) is 9.42. The number of nitrogens with one attached hydrogen (secondary N) is 1. The van der Waals surface area contributed by atoms with Gasteiger partial charge in [0, 0.05) is 23.2 Å². The lowest BCUT2D eigenvalue weighted by Crippen LogP contribution is -2.05. The maximum Gasteiger partial charge on any atom is 0.250 e. The molecule has 0 saturated heterocycles. The summed E-state index contributed by atoms with van der Waals surface area (Å²) in [5.41, 5.74) is 6.30. The Morgan fingerprint density at radius 1 is 1.31 bits per heavy atom. The predicted molar refractivity (Wildman–Crippen MR) is 50.6 cm³/mol. The molecule has 66 valence electrons. The highest BCUT2D eigenvalue weighted by Crippen LogP contribution is 2.20. The third-order valence-electron chi connectivity index (χ3n) is 1.86. The number of aromatic amines is 1. The number of rotatable bonds is 0. The molecule has 0 radical (unpaired) electrons. The van der Waals surface area contributed by atoms with E-state index in [1.165, 1.54) is 18.2 Å². The third kappa shape index (κ3) is 1.22. The Morgan fingerprint density at radius 2 is 2.08 bits per heavy atom. The van der Waals surface area contributed by atoms with E-state index in [1.807, 2.05) is 0 Å². The molecule has 1 aromatic heterocycles. The molecule has 1 heterocycles. The average molecular weight is 176 g/mol. The second kappa shape index (κ2) is 2.52. The fourth-order valence-electron chi connectivity index (χ4n) is 1.28. The second-order valence-corrected chi connectivity index (χ2v) is 2.82. The van der Waals surface area contributed by atoms with E-state index < -0.39 is 0 Å². The van der Waals surface area contributed by atoms with Crippen molar-refractivity contribution in [3.8, 4) is 5.75 Å². The number of pyridine rings is 1. The molecule has 1 aromatic carbocycles. The Kier molecular flexibility index (Phi) is 1.48. The molecule has 4 nitrogen and oxygen atoms in total. The van der Waals surface area contributed by atoms with E-state index >= 15 is 0 Å². The van der Waals surface area contributed by atoms with E-state index in [-0.39, 0.29) is 11.3 Å². The van der Waals surface area contributed by atoms with E-state index in [0.29, 0.717) is 11.2 Å². The van der Waals surface area contributed by atoms with Crippen molar-refractivity contribution in [2.24, 2.45) is 0 Å². The number of benzene rings is 1. The number of H-pyrrole nitrogens is 1. The van der Waals surface area contributed by atoms with Crippen molar-refractivity contribution in [1.82, 2.24) is 4.98 Å². The van der Waals surface area contributed by atoms with Gasteiger partial charge in [-0.1, -0.05) is 0 Å². The van der Waals surface area contributed by atoms with Crippen molar-refractivity contribution in [2.45, 2.75) is 0 Å². The van der Waals surface area contributed by atoms with E-state index in [0.717, 1.165) is 5.39 Å². The lowest BCUT2D eigenvalue weighted by Gasteiger charge is -2.00. The summed E-state index contributed by atoms with van der Waals surface area (Å²) in [6, 6.07) is 5.97. The Labute approximate surface area is 73.6 Å². The van der Waals surface area contributed by atoms with Gasteiger partial charge in [0.15, 0.2) is 0 Å². The quantitative estimate of drug-likeness (QED) is 0.555. The molecule has 4 heteroatoms. The SMILES string of the molecule is Nc1cc(=O)[nH]c2cc(O)ccc12. The van der Waals surface area contributed by atoms with Crippen LogP contribution >= 0.6 is 0 Å². The largest absolute Gasteiger partial charge is 0.508 e. The minimum atomic E-state index is -0.268. The molecule has 0 amide bonds. The average Bonchev–Trinajstić information content (AvgIpc) is 2.02. The van der Waals surface area contributed by atoms with Crippen molar-refractivity contribution in [2.75, 3.05) is 5.73 Å². The lowest BCUT2D eigenvalue weighted by atomic mass is 10.2. The smallest absolute Gasteiger partial charge is 0.250 e. The topological polar surface area (TPSA) is 79.1 Å².